The second kappa shape index (κ2) is 8.67. The Bertz CT molecular complexity index is 672. The summed E-state index contributed by atoms with van der Waals surface area (Å²) in [6, 6.07) is 5.00. The van der Waals surface area contributed by atoms with Crippen molar-refractivity contribution in [3.05, 3.63) is 35.5 Å². The van der Waals surface area contributed by atoms with Crippen molar-refractivity contribution in [2.45, 2.75) is 20.8 Å². The topological polar surface area (TPSA) is 85.7 Å². The maximum atomic E-state index is 13.2. The maximum Gasteiger partial charge on any atom is 0.229 e. The number of hydrogen-bond acceptors (Lipinski definition) is 6. The average molecular weight is 318 g/mol. The Balaban J connectivity index is 0.00000127. The van der Waals surface area contributed by atoms with Crippen molar-refractivity contribution >= 4 is 29.1 Å². The summed E-state index contributed by atoms with van der Waals surface area (Å²) in [4.78, 5) is 8.48. The first kappa shape index (κ1) is 18.3. The quantitative estimate of drug-likeness (QED) is 0.628. The van der Waals surface area contributed by atoms with Crippen LogP contribution in [-0.4, -0.2) is 30.0 Å². The molecule has 1 aromatic carbocycles. The molecule has 124 valence electrons. The van der Waals surface area contributed by atoms with Crippen molar-refractivity contribution in [1.82, 2.24) is 9.97 Å². The zero-order valence-electron chi connectivity index (χ0n) is 14.1. The van der Waals surface area contributed by atoms with Crippen LogP contribution in [-0.2, 0) is 0 Å². The first-order valence-electron chi connectivity index (χ1n) is 7.39. The average Bonchev–Trinajstić information content (AvgIpc) is 2.58. The third-order valence-electron chi connectivity index (χ3n) is 2.99. The molecule has 2 rings (SSSR count). The minimum Gasteiger partial charge on any atom is -0.388 e. The normalized spacial score (nSPS) is 9.48. The lowest BCUT2D eigenvalue weighted by Crippen LogP contribution is -2.04. The number of halogens is 1. The van der Waals surface area contributed by atoms with Gasteiger partial charge in [-0.3, -0.25) is 5.41 Å². The number of aryl methyl sites for hydroxylation is 1. The molecule has 1 heterocycles. The molecule has 2 aromatic rings. The molecular formula is C16H23FN6. The Morgan fingerprint density at radius 3 is 2.43 bits per heavy atom. The molecule has 6 nitrogen and oxygen atoms in total. The van der Waals surface area contributed by atoms with Crippen molar-refractivity contribution in [2.24, 2.45) is 0 Å². The number of aromatic nitrogens is 2. The molecule has 0 unspecified atom stereocenters. The molecule has 4 N–H and O–H groups in total. The highest BCUT2D eigenvalue weighted by atomic mass is 19.1. The van der Waals surface area contributed by atoms with E-state index in [0.29, 0.717) is 17.3 Å². The van der Waals surface area contributed by atoms with E-state index in [4.69, 9.17) is 5.41 Å². The van der Waals surface area contributed by atoms with Crippen LogP contribution >= 0.6 is 0 Å². The van der Waals surface area contributed by atoms with Crippen LogP contribution in [0.15, 0.2) is 24.4 Å². The minimum atomic E-state index is -0.997. The van der Waals surface area contributed by atoms with Gasteiger partial charge >= 0.3 is 0 Å². The molecule has 0 saturated carbocycles. The zero-order chi connectivity index (χ0) is 17.4. The number of anilines is 4. The van der Waals surface area contributed by atoms with Crippen LogP contribution in [0.5, 0.6) is 0 Å². The zero-order valence-corrected chi connectivity index (χ0v) is 14.1. The van der Waals surface area contributed by atoms with Crippen LogP contribution in [0.2, 0.25) is 0 Å². The number of nitrogens with zero attached hydrogens (tertiary/aromatic N) is 2. The largest absolute Gasteiger partial charge is 0.388 e. The van der Waals surface area contributed by atoms with E-state index in [1.807, 2.05) is 20.8 Å². The highest BCUT2D eigenvalue weighted by Crippen LogP contribution is 2.23. The Labute approximate surface area is 136 Å². The number of nitrogens with one attached hydrogen (secondary N) is 4. The number of rotatable bonds is 5. The van der Waals surface area contributed by atoms with Crippen molar-refractivity contribution in [3.63, 3.8) is 0 Å². The Hall–Kier alpha value is -2.70. The summed E-state index contributed by atoms with van der Waals surface area (Å²) in [6.07, 6.45) is 1.70. The third kappa shape index (κ3) is 4.64. The fourth-order valence-electron chi connectivity index (χ4n) is 1.91. The molecule has 1 aromatic heterocycles. The highest BCUT2D eigenvalue weighted by molar-refractivity contribution is 5.97. The minimum absolute atomic E-state index is 0.184. The molecule has 0 aliphatic rings. The van der Waals surface area contributed by atoms with Crippen LogP contribution in [0.3, 0.4) is 0 Å². The number of hydrogen-bond donors (Lipinski definition) is 4. The summed E-state index contributed by atoms with van der Waals surface area (Å²) in [5.41, 5.74) is 2.27. The van der Waals surface area contributed by atoms with Crippen LogP contribution < -0.4 is 16.0 Å². The molecule has 0 aliphatic heterocycles. The standard InChI is InChI=1S/C14H17FN6.C2H6/c1-8-7-19-14(21-13(8)18-3)20-9-4-5-11(17-2)10(6-9)12(15)16;1-2/h4-7,16-17H,1-3H3,(H2,18,19,20,21);1-2H3. The van der Waals surface area contributed by atoms with E-state index in [0.717, 1.165) is 11.4 Å². The summed E-state index contributed by atoms with van der Waals surface area (Å²) in [5, 5.41) is 16.0. The van der Waals surface area contributed by atoms with Crippen LogP contribution in [0, 0.1) is 12.3 Å². The molecule has 0 saturated heterocycles. The first-order chi connectivity index (χ1) is 11.0. The van der Waals surface area contributed by atoms with Gasteiger partial charge < -0.3 is 16.0 Å². The van der Waals surface area contributed by atoms with E-state index in [1.165, 1.54) is 6.07 Å². The molecular weight excluding hydrogens is 295 g/mol. The summed E-state index contributed by atoms with van der Waals surface area (Å²) in [7, 11) is 3.46. The highest BCUT2D eigenvalue weighted by Gasteiger charge is 2.09. The van der Waals surface area contributed by atoms with Crippen molar-refractivity contribution in [3.8, 4) is 0 Å². The van der Waals surface area contributed by atoms with Gasteiger partial charge in [0.25, 0.3) is 0 Å². The van der Waals surface area contributed by atoms with E-state index in [9.17, 15) is 4.39 Å². The van der Waals surface area contributed by atoms with Gasteiger partial charge in [-0.15, -0.1) is 0 Å². The summed E-state index contributed by atoms with van der Waals surface area (Å²) < 4.78 is 13.2. The monoisotopic (exact) mass is 318 g/mol. The second-order valence-corrected chi connectivity index (χ2v) is 4.42. The Morgan fingerprint density at radius 2 is 1.87 bits per heavy atom. The van der Waals surface area contributed by atoms with Gasteiger partial charge in [-0.25, -0.2) is 4.98 Å². The smallest absolute Gasteiger partial charge is 0.229 e. The maximum absolute atomic E-state index is 13.2. The lowest BCUT2D eigenvalue weighted by molar-refractivity contribution is 0.798. The van der Waals surface area contributed by atoms with E-state index < -0.39 is 5.97 Å². The van der Waals surface area contributed by atoms with E-state index in [2.05, 4.69) is 25.9 Å². The molecule has 7 heteroatoms. The van der Waals surface area contributed by atoms with Gasteiger partial charge in [0.1, 0.15) is 5.82 Å². The molecule has 0 fully saturated rings. The summed E-state index contributed by atoms with van der Waals surface area (Å²) in [6.45, 7) is 5.90. The van der Waals surface area contributed by atoms with Gasteiger partial charge in [0.05, 0.1) is 5.56 Å². The van der Waals surface area contributed by atoms with Gasteiger partial charge in [0.2, 0.25) is 11.9 Å². The molecule has 0 aliphatic carbocycles. The van der Waals surface area contributed by atoms with E-state index in [1.54, 1.807) is 32.4 Å². The SMILES string of the molecule is CC.CNc1ccc(Nc2ncc(C)c(NC)n2)cc1C(=N)F. The van der Waals surface area contributed by atoms with Crippen LogP contribution in [0.4, 0.5) is 27.5 Å². The van der Waals surface area contributed by atoms with Crippen LogP contribution in [0.1, 0.15) is 25.0 Å². The van der Waals surface area contributed by atoms with Crippen molar-refractivity contribution < 1.29 is 4.39 Å². The van der Waals surface area contributed by atoms with Gasteiger partial charge in [-0.05, 0) is 25.1 Å². The Morgan fingerprint density at radius 1 is 1.17 bits per heavy atom. The van der Waals surface area contributed by atoms with Gasteiger partial charge in [0.15, 0.2) is 0 Å². The molecule has 0 radical (unpaired) electrons. The molecule has 23 heavy (non-hydrogen) atoms. The van der Waals surface area contributed by atoms with E-state index >= 15 is 0 Å². The molecule has 0 bridgehead atoms. The Kier molecular flexibility index (Phi) is 6.92. The fraction of sp³-hybridized carbons (Fsp3) is 0.312. The summed E-state index contributed by atoms with van der Waals surface area (Å²) in [5.74, 6) is 0.125. The van der Waals surface area contributed by atoms with Gasteiger partial charge in [0, 0.05) is 37.2 Å². The van der Waals surface area contributed by atoms with Crippen molar-refractivity contribution in [1.29, 1.82) is 5.41 Å². The molecule has 0 atom stereocenters. The third-order valence-corrected chi connectivity index (χ3v) is 2.99. The predicted molar refractivity (Wildman–Crippen MR) is 94.9 cm³/mol. The summed E-state index contributed by atoms with van der Waals surface area (Å²) >= 11 is 0. The lowest BCUT2D eigenvalue weighted by atomic mass is 10.1. The second-order valence-electron chi connectivity index (χ2n) is 4.42. The van der Waals surface area contributed by atoms with Crippen LogP contribution in [0.25, 0.3) is 0 Å². The van der Waals surface area contributed by atoms with Gasteiger partial charge in [-0.2, -0.15) is 9.37 Å². The predicted octanol–water partition coefficient (Wildman–Crippen LogP) is 3.93. The van der Waals surface area contributed by atoms with Crippen molar-refractivity contribution in [2.75, 3.05) is 30.0 Å². The lowest BCUT2D eigenvalue weighted by Gasteiger charge is -2.11. The number of benzene rings is 1. The first-order valence-corrected chi connectivity index (χ1v) is 7.39. The fourth-order valence-corrected chi connectivity index (χ4v) is 1.91. The molecule has 0 spiro atoms. The van der Waals surface area contributed by atoms with Gasteiger partial charge in [-0.1, -0.05) is 13.8 Å². The van der Waals surface area contributed by atoms with E-state index in [-0.39, 0.29) is 5.56 Å². The molecule has 0 amide bonds.